The van der Waals surface area contributed by atoms with Gasteiger partial charge in [0.2, 0.25) is 5.78 Å². The second kappa shape index (κ2) is 11.5. The van der Waals surface area contributed by atoms with Crippen molar-refractivity contribution in [3.8, 4) is 6.07 Å². The number of methoxy groups -OCH3 is 1. The minimum absolute atomic E-state index is 0.153. The van der Waals surface area contributed by atoms with Crippen molar-refractivity contribution >= 4 is 17.8 Å². The first-order chi connectivity index (χ1) is 16.8. The predicted octanol–water partition coefficient (Wildman–Crippen LogP) is 4.55. The highest BCUT2D eigenvalue weighted by Gasteiger charge is 2.20. The van der Waals surface area contributed by atoms with Gasteiger partial charge in [0.05, 0.1) is 6.61 Å². The third-order valence-corrected chi connectivity index (χ3v) is 6.16. The number of ketones is 1. The molecule has 182 valence electrons. The number of benzene rings is 1. The van der Waals surface area contributed by atoms with E-state index in [2.05, 4.69) is 9.13 Å². The Hall–Kier alpha value is -3.89. The molecule has 0 atom stereocenters. The zero-order valence-corrected chi connectivity index (χ0v) is 20.9. The molecule has 0 radical (unpaired) electrons. The Bertz CT molecular complexity index is 1290. The van der Waals surface area contributed by atoms with E-state index >= 15 is 0 Å². The number of ether oxygens (including phenoxy) is 2. The molecule has 3 aromatic rings. The average molecular weight is 474 g/mol. The van der Waals surface area contributed by atoms with E-state index in [-0.39, 0.29) is 11.4 Å². The third-order valence-electron chi connectivity index (χ3n) is 6.16. The van der Waals surface area contributed by atoms with Crippen LogP contribution in [-0.2, 0) is 27.4 Å². The molecule has 0 aliphatic heterocycles. The number of rotatable bonds is 10. The second-order valence-corrected chi connectivity index (χ2v) is 8.50. The summed E-state index contributed by atoms with van der Waals surface area (Å²) < 4.78 is 14.5. The molecule has 0 spiro atoms. The van der Waals surface area contributed by atoms with Crippen LogP contribution in [0.5, 0.6) is 0 Å². The standard InChI is InChI=1S/C28H31N3O4/c1-19-13-24(21(3)30(19)11-12-34-5)15-25(16-29)28(33)35-18-27(32)26-14-20(2)31(22(26)4)17-23-9-7-6-8-10-23/h6-10,13-15H,11-12,17-18H2,1-5H3/b25-15-. The van der Waals surface area contributed by atoms with E-state index in [9.17, 15) is 14.9 Å². The lowest BCUT2D eigenvalue weighted by Gasteiger charge is -2.10. The van der Waals surface area contributed by atoms with Gasteiger partial charge in [0, 0.05) is 48.5 Å². The van der Waals surface area contributed by atoms with Gasteiger partial charge in [0.25, 0.3) is 0 Å². The Morgan fingerprint density at radius 1 is 1.00 bits per heavy atom. The number of aromatic nitrogens is 2. The summed E-state index contributed by atoms with van der Waals surface area (Å²) in [5.41, 5.74) is 5.91. The first kappa shape index (κ1) is 25.7. The summed E-state index contributed by atoms with van der Waals surface area (Å²) >= 11 is 0. The molecule has 0 bridgehead atoms. The number of hydrogen-bond donors (Lipinski definition) is 0. The Morgan fingerprint density at radius 3 is 2.34 bits per heavy atom. The summed E-state index contributed by atoms with van der Waals surface area (Å²) in [5, 5.41) is 9.54. The lowest BCUT2D eigenvalue weighted by atomic mass is 10.1. The fourth-order valence-electron chi connectivity index (χ4n) is 4.17. The van der Waals surface area contributed by atoms with Crippen molar-refractivity contribution in [1.82, 2.24) is 9.13 Å². The highest BCUT2D eigenvalue weighted by atomic mass is 16.5. The molecule has 1 aromatic carbocycles. The number of aryl methyl sites for hydroxylation is 2. The maximum absolute atomic E-state index is 12.9. The number of hydrogen-bond acceptors (Lipinski definition) is 5. The second-order valence-electron chi connectivity index (χ2n) is 8.50. The maximum Gasteiger partial charge on any atom is 0.349 e. The summed E-state index contributed by atoms with van der Waals surface area (Å²) in [6.07, 6.45) is 1.50. The van der Waals surface area contributed by atoms with Crippen LogP contribution in [0.2, 0.25) is 0 Å². The van der Waals surface area contributed by atoms with Gasteiger partial charge >= 0.3 is 5.97 Å². The van der Waals surface area contributed by atoms with Crippen molar-refractivity contribution in [3.63, 3.8) is 0 Å². The van der Waals surface area contributed by atoms with Crippen LogP contribution in [0, 0.1) is 39.0 Å². The van der Waals surface area contributed by atoms with Gasteiger partial charge in [-0.25, -0.2) is 4.79 Å². The SMILES string of the molecule is COCCn1c(C)cc(/C=C(/C#N)C(=O)OCC(=O)c2cc(C)n(Cc3ccccc3)c2C)c1C. The topological polar surface area (TPSA) is 86.2 Å². The number of carbonyl (C=O) groups excluding carboxylic acids is 2. The van der Waals surface area contributed by atoms with Crippen LogP contribution >= 0.6 is 0 Å². The monoisotopic (exact) mass is 473 g/mol. The minimum atomic E-state index is -0.819. The van der Waals surface area contributed by atoms with Gasteiger partial charge in [-0.15, -0.1) is 0 Å². The van der Waals surface area contributed by atoms with E-state index in [1.165, 1.54) is 6.08 Å². The number of esters is 1. The highest BCUT2D eigenvalue weighted by molar-refractivity contribution is 6.02. The lowest BCUT2D eigenvalue weighted by molar-refractivity contribution is -0.137. The van der Waals surface area contributed by atoms with Gasteiger partial charge in [-0.2, -0.15) is 5.26 Å². The molecule has 7 nitrogen and oxygen atoms in total. The van der Waals surface area contributed by atoms with Crippen molar-refractivity contribution in [2.45, 2.75) is 40.8 Å². The molecule has 0 saturated carbocycles. The molecule has 0 fully saturated rings. The highest BCUT2D eigenvalue weighted by Crippen LogP contribution is 2.20. The van der Waals surface area contributed by atoms with Crippen molar-refractivity contribution in [1.29, 1.82) is 5.26 Å². The number of carbonyl (C=O) groups is 2. The number of nitrogens with zero attached hydrogens (tertiary/aromatic N) is 3. The molecule has 7 heteroatoms. The van der Waals surface area contributed by atoms with Crippen LogP contribution in [0.15, 0.2) is 48.0 Å². The van der Waals surface area contributed by atoms with Gasteiger partial charge in [-0.1, -0.05) is 30.3 Å². The number of nitriles is 1. The fourth-order valence-corrected chi connectivity index (χ4v) is 4.17. The molecule has 2 heterocycles. The summed E-state index contributed by atoms with van der Waals surface area (Å²) in [4.78, 5) is 25.4. The van der Waals surface area contributed by atoms with E-state index in [0.717, 1.165) is 33.9 Å². The number of Topliss-reactive ketones (excluding diaryl/α,β-unsaturated/α-hetero) is 1. The molecular formula is C28H31N3O4. The van der Waals surface area contributed by atoms with E-state index in [4.69, 9.17) is 9.47 Å². The normalized spacial score (nSPS) is 11.4. The first-order valence-corrected chi connectivity index (χ1v) is 11.4. The van der Waals surface area contributed by atoms with Crippen LogP contribution in [0.25, 0.3) is 6.08 Å². The van der Waals surface area contributed by atoms with E-state index < -0.39 is 12.6 Å². The van der Waals surface area contributed by atoms with Crippen molar-refractivity contribution in [3.05, 3.63) is 87.5 Å². The van der Waals surface area contributed by atoms with Crippen molar-refractivity contribution < 1.29 is 19.1 Å². The van der Waals surface area contributed by atoms with E-state index in [1.807, 2.05) is 76.2 Å². The Morgan fingerprint density at radius 2 is 1.69 bits per heavy atom. The van der Waals surface area contributed by atoms with Crippen LogP contribution < -0.4 is 0 Å². The summed E-state index contributed by atoms with van der Waals surface area (Å²) in [7, 11) is 1.64. The van der Waals surface area contributed by atoms with Gasteiger partial charge in [0.1, 0.15) is 11.6 Å². The van der Waals surface area contributed by atoms with Gasteiger partial charge in [-0.05, 0) is 57.0 Å². The minimum Gasteiger partial charge on any atom is -0.453 e. The molecule has 3 rings (SSSR count). The van der Waals surface area contributed by atoms with Gasteiger partial charge in [-0.3, -0.25) is 4.79 Å². The van der Waals surface area contributed by atoms with E-state index in [0.29, 0.717) is 25.3 Å². The van der Waals surface area contributed by atoms with Crippen LogP contribution in [0.1, 0.15) is 44.3 Å². The van der Waals surface area contributed by atoms with E-state index in [1.54, 1.807) is 7.11 Å². The smallest absolute Gasteiger partial charge is 0.349 e. The van der Waals surface area contributed by atoms with Crippen LogP contribution in [0.4, 0.5) is 0 Å². The lowest BCUT2D eigenvalue weighted by Crippen LogP contribution is -2.16. The van der Waals surface area contributed by atoms with Crippen LogP contribution in [0.3, 0.4) is 0 Å². The zero-order chi connectivity index (χ0) is 25.5. The van der Waals surface area contributed by atoms with Crippen molar-refractivity contribution in [2.24, 2.45) is 0 Å². The molecule has 0 aliphatic carbocycles. The zero-order valence-electron chi connectivity index (χ0n) is 20.9. The summed E-state index contributed by atoms with van der Waals surface area (Å²) in [5.74, 6) is -1.12. The molecule has 2 aromatic heterocycles. The molecule has 0 aliphatic rings. The molecule has 0 saturated heterocycles. The van der Waals surface area contributed by atoms with Gasteiger partial charge < -0.3 is 18.6 Å². The maximum atomic E-state index is 12.9. The van der Waals surface area contributed by atoms with Crippen molar-refractivity contribution in [2.75, 3.05) is 20.3 Å². The quantitative estimate of drug-likeness (QED) is 0.187. The first-order valence-electron chi connectivity index (χ1n) is 11.4. The summed E-state index contributed by atoms with van der Waals surface area (Å²) in [6, 6.07) is 15.6. The summed E-state index contributed by atoms with van der Waals surface area (Å²) in [6.45, 7) is 9.15. The molecule has 0 unspecified atom stereocenters. The molecular weight excluding hydrogens is 442 g/mol. The fraction of sp³-hybridized carbons (Fsp3) is 0.321. The average Bonchev–Trinajstić information content (AvgIpc) is 3.28. The van der Waals surface area contributed by atoms with Gasteiger partial charge in [0.15, 0.2) is 6.61 Å². The predicted molar refractivity (Wildman–Crippen MR) is 134 cm³/mol. The Labute approximate surface area is 206 Å². The largest absolute Gasteiger partial charge is 0.453 e. The molecule has 35 heavy (non-hydrogen) atoms. The Balaban J connectivity index is 1.70. The molecule has 0 amide bonds. The third kappa shape index (κ3) is 5.97. The van der Waals surface area contributed by atoms with Crippen LogP contribution in [-0.4, -0.2) is 41.2 Å². The Kier molecular flexibility index (Phi) is 8.45. The molecule has 0 N–H and O–H groups in total.